The highest BCUT2D eigenvalue weighted by Crippen LogP contribution is 2.32. The summed E-state index contributed by atoms with van der Waals surface area (Å²) in [5, 5.41) is 3.52. The third kappa shape index (κ3) is 5.27. The molecule has 10 heteroatoms. The van der Waals surface area contributed by atoms with E-state index in [0.29, 0.717) is 29.1 Å². The van der Waals surface area contributed by atoms with Crippen LogP contribution in [0.25, 0.3) is 0 Å². The van der Waals surface area contributed by atoms with Gasteiger partial charge in [0.15, 0.2) is 0 Å². The Labute approximate surface area is 200 Å². The summed E-state index contributed by atoms with van der Waals surface area (Å²) < 4.78 is 40.2. The number of nitrogens with one attached hydrogen (secondary N) is 1. The molecule has 33 heavy (non-hydrogen) atoms. The van der Waals surface area contributed by atoms with Gasteiger partial charge in [-0.3, -0.25) is 9.80 Å². The molecule has 0 bridgehead atoms. The monoisotopic (exact) mass is 492 g/mol. The number of hydrogen-bond acceptors (Lipinski definition) is 7. The fourth-order valence-electron chi connectivity index (χ4n) is 4.44. The number of fused-ring (bicyclic) bond motifs is 1. The van der Waals surface area contributed by atoms with Crippen LogP contribution in [-0.2, 0) is 16.6 Å². The van der Waals surface area contributed by atoms with Crippen LogP contribution in [0.5, 0.6) is 11.5 Å². The van der Waals surface area contributed by atoms with Crippen molar-refractivity contribution in [2.45, 2.75) is 30.3 Å². The molecular formula is C23H29ClN4O4S. The predicted molar refractivity (Wildman–Crippen MR) is 130 cm³/mol. The molecule has 1 N–H and O–H groups in total. The van der Waals surface area contributed by atoms with Gasteiger partial charge in [0, 0.05) is 17.6 Å². The number of methoxy groups -OCH3 is 2. The molecule has 2 heterocycles. The Morgan fingerprint density at radius 2 is 1.82 bits per heavy atom. The first-order valence-corrected chi connectivity index (χ1v) is 12.7. The summed E-state index contributed by atoms with van der Waals surface area (Å²) in [5.74, 6) is 2.09. The van der Waals surface area contributed by atoms with E-state index in [-0.39, 0.29) is 4.90 Å². The Hall–Kier alpha value is -2.33. The van der Waals surface area contributed by atoms with Crippen LogP contribution in [-0.4, -0.2) is 71.0 Å². The number of ether oxygens (including phenoxy) is 2. The van der Waals surface area contributed by atoms with Crippen molar-refractivity contribution in [3.63, 3.8) is 0 Å². The molecule has 0 aromatic heterocycles. The molecule has 0 saturated carbocycles. The van der Waals surface area contributed by atoms with Gasteiger partial charge >= 0.3 is 0 Å². The van der Waals surface area contributed by atoms with Crippen molar-refractivity contribution in [3.05, 3.63) is 47.0 Å². The SMILES string of the molecule is COc1cccc(OC)c1CN1CCC(N(C)CC2=NS(=O)(=O)c3cc(Cl)ccc3N2)CC1. The molecule has 2 aliphatic rings. The van der Waals surface area contributed by atoms with Gasteiger partial charge in [-0.2, -0.15) is 8.42 Å². The number of anilines is 1. The number of nitrogens with zero attached hydrogens (tertiary/aromatic N) is 3. The van der Waals surface area contributed by atoms with Crippen molar-refractivity contribution in [1.29, 1.82) is 0 Å². The molecule has 2 aromatic carbocycles. The van der Waals surface area contributed by atoms with Crippen LogP contribution < -0.4 is 14.8 Å². The third-order valence-electron chi connectivity index (χ3n) is 6.22. The molecule has 4 rings (SSSR count). The van der Waals surface area contributed by atoms with Crippen LogP contribution in [0.2, 0.25) is 5.02 Å². The zero-order chi connectivity index (χ0) is 23.6. The Balaban J connectivity index is 1.37. The van der Waals surface area contributed by atoms with E-state index in [4.69, 9.17) is 21.1 Å². The summed E-state index contributed by atoms with van der Waals surface area (Å²) in [6.45, 7) is 3.03. The minimum Gasteiger partial charge on any atom is -0.496 e. The summed E-state index contributed by atoms with van der Waals surface area (Å²) in [6.07, 6.45) is 1.94. The number of benzene rings is 2. The van der Waals surface area contributed by atoms with E-state index >= 15 is 0 Å². The first-order valence-electron chi connectivity index (χ1n) is 10.8. The van der Waals surface area contributed by atoms with Crippen molar-refractivity contribution in [1.82, 2.24) is 9.80 Å². The highest BCUT2D eigenvalue weighted by molar-refractivity contribution is 7.90. The second-order valence-corrected chi connectivity index (χ2v) is 10.4. The Morgan fingerprint density at radius 3 is 2.45 bits per heavy atom. The van der Waals surface area contributed by atoms with Crippen LogP contribution in [0.15, 0.2) is 45.7 Å². The van der Waals surface area contributed by atoms with Crippen LogP contribution in [0, 0.1) is 0 Å². The summed E-state index contributed by atoms with van der Waals surface area (Å²) >= 11 is 5.96. The Kier molecular flexibility index (Phi) is 7.13. The van der Waals surface area contributed by atoms with Gasteiger partial charge in [-0.25, -0.2) is 0 Å². The first kappa shape index (κ1) is 23.8. The maximum atomic E-state index is 12.6. The number of piperidine rings is 1. The Morgan fingerprint density at radius 1 is 1.15 bits per heavy atom. The molecule has 0 atom stereocenters. The van der Waals surface area contributed by atoms with Crippen molar-refractivity contribution in [2.24, 2.45) is 4.40 Å². The van der Waals surface area contributed by atoms with E-state index in [9.17, 15) is 8.42 Å². The number of likely N-dealkylation sites (N-methyl/N-ethyl adjacent to an activating group) is 1. The molecule has 0 amide bonds. The van der Waals surface area contributed by atoms with Crippen molar-refractivity contribution < 1.29 is 17.9 Å². The van der Waals surface area contributed by atoms with Crippen LogP contribution in [0.1, 0.15) is 18.4 Å². The van der Waals surface area contributed by atoms with Crippen LogP contribution >= 0.6 is 11.6 Å². The van der Waals surface area contributed by atoms with Gasteiger partial charge in [0.05, 0.1) is 32.0 Å². The molecule has 0 radical (unpaired) electrons. The fraction of sp³-hybridized carbons (Fsp3) is 0.435. The van der Waals surface area contributed by atoms with Gasteiger partial charge in [0.1, 0.15) is 22.2 Å². The molecule has 1 fully saturated rings. The van der Waals surface area contributed by atoms with Gasteiger partial charge in [-0.15, -0.1) is 4.40 Å². The Bertz CT molecular complexity index is 1120. The predicted octanol–water partition coefficient (Wildman–Crippen LogP) is 3.47. The zero-order valence-electron chi connectivity index (χ0n) is 19.0. The highest BCUT2D eigenvalue weighted by Gasteiger charge is 2.28. The van der Waals surface area contributed by atoms with E-state index in [1.54, 1.807) is 26.4 Å². The van der Waals surface area contributed by atoms with E-state index in [0.717, 1.165) is 49.5 Å². The normalized spacial score (nSPS) is 18.4. The molecule has 8 nitrogen and oxygen atoms in total. The van der Waals surface area contributed by atoms with Gasteiger partial charge in [-0.05, 0) is 63.3 Å². The average Bonchev–Trinajstić information content (AvgIpc) is 2.80. The van der Waals surface area contributed by atoms with E-state index in [1.165, 1.54) is 6.07 Å². The molecule has 0 aliphatic carbocycles. The maximum Gasteiger partial charge on any atom is 0.286 e. The van der Waals surface area contributed by atoms with Crippen LogP contribution in [0.3, 0.4) is 0 Å². The molecule has 178 valence electrons. The minimum atomic E-state index is -3.76. The summed E-state index contributed by atoms with van der Waals surface area (Å²) in [5.41, 5.74) is 1.57. The largest absolute Gasteiger partial charge is 0.496 e. The van der Waals surface area contributed by atoms with Gasteiger partial charge < -0.3 is 14.8 Å². The minimum absolute atomic E-state index is 0.112. The lowest BCUT2D eigenvalue weighted by molar-refractivity contribution is 0.132. The smallest absolute Gasteiger partial charge is 0.286 e. The second kappa shape index (κ2) is 9.89. The van der Waals surface area contributed by atoms with E-state index in [1.807, 2.05) is 25.2 Å². The number of rotatable bonds is 7. The van der Waals surface area contributed by atoms with Crippen molar-refractivity contribution in [2.75, 3.05) is 46.2 Å². The lowest BCUT2D eigenvalue weighted by Gasteiger charge is -2.37. The number of sulfonamides is 1. The van der Waals surface area contributed by atoms with E-state index in [2.05, 4.69) is 19.5 Å². The molecule has 0 unspecified atom stereocenters. The maximum absolute atomic E-state index is 12.6. The van der Waals surface area contributed by atoms with Gasteiger partial charge in [-0.1, -0.05) is 17.7 Å². The number of likely N-dealkylation sites (tertiary alicyclic amines) is 1. The average molecular weight is 493 g/mol. The zero-order valence-corrected chi connectivity index (χ0v) is 20.6. The number of hydrogen-bond donors (Lipinski definition) is 1. The summed E-state index contributed by atoms with van der Waals surface area (Å²) in [6, 6.07) is 10.9. The van der Waals surface area contributed by atoms with Crippen molar-refractivity contribution in [3.8, 4) is 11.5 Å². The molecular weight excluding hydrogens is 464 g/mol. The lowest BCUT2D eigenvalue weighted by Crippen LogP contribution is -2.46. The quantitative estimate of drug-likeness (QED) is 0.633. The summed E-state index contributed by atoms with van der Waals surface area (Å²) in [4.78, 5) is 4.68. The molecule has 0 spiro atoms. The highest BCUT2D eigenvalue weighted by atomic mass is 35.5. The number of halogens is 1. The fourth-order valence-corrected chi connectivity index (χ4v) is 5.85. The molecule has 2 aromatic rings. The van der Waals surface area contributed by atoms with E-state index < -0.39 is 10.0 Å². The van der Waals surface area contributed by atoms with Gasteiger partial charge in [0.2, 0.25) is 0 Å². The van der Waals surface area contributed by atoms with Crippen molar-refractivity contribution >= 4 is 33.1 Å². The topological polar surface area (TPSA) is 83.5 Å². The molecule has 2 aliphatic heterocycles. The lowest BCUT2D eigenvalue weighted by atomic mass is 10.0. The molecule has 1 saturated heterocycles. The standard InChI is InChI=1S/C23H29ClN4O4S/c1-27(15-23-25-19-8-7-16(24)13-22(19)33(29,30)26-23)17-9-11-28(12-10-17)14-18-20(31-2)5-4-6-21(18)32-3/h4-8,13,17H,9-12,14-15H2,1-3H3,(H,25,26). The van der Waals surface area contributed by atoms with Crippen LogP contribution in [0.4, 0.5) is 5.69 Å². The van der Waals surface area contributed by atoms with Gasteiger partial charge in [0.25, 0.3) is 10.0 Å². The first-order chi connectivity index (χ1) is 15.8. The summed E-state index contributed by atoms with van der Waals surface area (Å²) in [7, 11) is 1.60. The third-order valence-corrected chi connectivity index (χ3v) is 7.81. The number of amidine groups is 1. The second-order valence-electron chi connectivity index (χ2n) is 8.34.